The molecule has 1 saturated heterocycles. The van der Waals surface area contributed by atoms with Crippen LogP contribution in [-0.2, 0) is 26.5 Å². The first-order valence-electron chi connectivity index (χ1n) is 7.66. The summed E-state index contributed by atoms with van der Waals surface area (Å²) in [5.74, 6) is -0.121. The lowest BCUT2D eigenvalue weighted by molar-refractivity contribution is -0.146. The Bertz CT molecular complexity index is 577. The highest BCUT2D eigenvalue weighted by atomic mass is 32.3. The molecule has 0 bridgehead atoms. The molecule has 1 fully saturated rings. The second-order valence-corrected chi connectivity index (χ2v) is 6.20. The van der Waals surface area contributed by atoms with Crippen molar-refractivity contribution in [2.24, 2.45) is 0 Å². The van der Waals surface area contributed by atoms with E-state index in [0.717, 1.165) is 25.9 Å². The summed E-state index contributed by atoms with van der Waals surface area (Å²) in [6, 6.07) is 10.6. The number of ether oxygens (including phenoxy) is 1. The van der Waals surface area contributed by atoms with Crippen LogP contribution >= 0.6 is 0 Å². The first-order chi connectivity index (χ1) is 11.3. The van der Waals surface area contributed by atoms with Gasteiger partial charge in [-0.25, -0.2) is 0 Å². The molecule has 1 aliphatic heterocycles. The van der Waals surface area contributed by atoms with Gasteiger partial charge in [0.1, 0.15) is 6.04 Å². The molecule has 4 N–H and O–H groups in total. The van der Waals surface area contributed by atoms with E-state index >= 15 is 0 Å². The van der Waals surface area contributed by atoms with Gasteiger partial charge in [0.15, 0.2) is 0 Å². The van der Waals surface area contributed by atoms with Crippen LogP contribution in [0.4, 0.5) is 0 Å². The summed E-state index contributed by atoms with van der Waals surface area (Å²) in [4.78, 5) is 11.6. The fourth-order valence-electron chi connectivity index (χ4n) is 2.33. The zero-order valence-corrected chi connectivity index (χ0v) is 14.3. The van der Waals surface area contributed by atoms with Crippen molar-refractivity contribution in [2.45, 2.75) is 38.4 Å². The summed E-state index contributed by atoms with van der Waals surface area (Å²) >= 11 is 0. The van der Waals surface area contributed by atoms with Crippen molar-refractivity contribution in [3.63, 3.8) is 0 Å². The molecule has 1 aliphatic rings. The van der Waals surface area contributed by atoms with Crippen LogP contribution in [0.25, 0.3) is 0 Å². The highest BCUT2D eigenvalue weighted by molar-refractivity contribution is 7.79. The predicted octanol–water partition coefficient (Wildman–Crippen LogP) is 0.807. The van der Waals surface area contributed by atoms with Crippen molar-refractivity contribution >= 4 is 16.4 Å². The van der Waals surface area contributed by atoms with Crippen LogP contribution in [0, 0.1) is 0 Å². The van der Waals surface area contributed by atoms with E-state index in [9.17, 15) is 4.79 Å². The Morgan fingerprint density at radius 3 is 2.42 bits per heavy atom. The van der Waals surface area contributed by atoms with Crippen LogP contribution in [0.1, 0.15) is 25.3 Å². The van der Waals surface area contributed by atoms with Gasteiger partial charge < -0.3 is 15.4 Å². The van der Waals surface area contributed by atoms with Crippen molar-refractivity contribution in [1.29, 1.82) is 0 Å². The first-order valence-corrected chi connectivity index (χ1v) is 9.06. The molecule has 1 aromatic carbocycles. The minimum Gasteiger partial charge on any atom is -0.465 e. The van der Waals surface area contributed by atoms with Gasteiger partial charge in [-0.1, -0.05) is 30.3 Å². The van der Waals surface area contributed by atoms with Crippen LogP contribution in [0.2, 0.25) is 0 Å². The van der Waals surface area contributed by atoms with Crippen LogP contribution in [0.15, 0.2) is 30.3 Å². The first kappa shape index (κ1) is 20.5. The molecule has 0 saturated carbocycles. The van der Waals surface area contributed by atoms with Gasteiger partial charge in [0.2, 0.25) is 0 Å². The van der Waals surface area contributed by atoms with Crippen molar-refractivity contribution in [3.8, 4) is 0 Å². The summed E-state index contributed by atoms with van der Waals surface area (Å²) in [5, 5.41) is 6.77. The van der Waals surface area contributed by atoms with E-state index in [0.29, 0.717) is 12.6 Å². The van der Waals surface area contributed by atoms with Gasteiger partial charge in [0.25, 0.3) is 0 Å². The van der Waals surface area contributed by atoms with Gasteiger partial charge in [-0.05, 0) is 25.3 Å². The predicted molar refractivity (Wildman–Crippen MR) is 88.9 cm³/mol. The second kappa shape index (κ2) is 10.4. The molecule has 136 valence electrons. The maximum atomic E-state index is 11.6. The third-order valence-electron chi connectivity index (χ3n) is 3.42. The zero-order valence-electron chi connectivity index (χ0n) is 13.5. The molecule has 0 aliphatic carbocycles. The normalized spacial score (nSPS) is 20.6. The largest absolute Gasteiger partial charge is 0.465 e. The highest BCUT2D eigenvalue weighted by Gasteiger charge is 2.26. The van der Waals surface area contributed by atoms with Gasteiger partial charge in [-0.15, -0.1) is 0 Å². The molecule has 0 spiro atoms. The Balaban J connectivity index is 0.000000505. The maximum absolute atomic E-state index is 11.6. The number of carbonyl (C=O) groups is 1. The van der Waals surface area contributed by atoms with Gasteiger partial charge in [0.05, 0.1) is 6.61 Å². The number of hydrogen-bond acceptors (Lipinski definition) is 6. The monoisotopic (exact) mass is 360 g/mol. The van der Waals surface area contributed by atoms with Gasteiger partial charge in [0, 0.05) is 19.1 Å². The van der Waals surface area contributed by atoms with Crippen LogP contribution < -0.4 is 10.6 Å². The van der Waals surface area contributed by atoms with E-state index in [1.807, 2.05) is 25.1 Å². The molecule has 2 rings (SSSR count). The molecule has 8 nitrogen and oxygen atoms in total. The number of nitrogens with one attached hydrogen (secondary N) is 2. The molecule has 0 amide bonds. The number of carbonyl (C=O) groups excluding carboxylic acids is 1. The standard InChI is InChI=1S/C15H22N2O2.H2O4S/c1-2-19-15(18)14-9-8-13(11-17-14)16-10-12-6-4-3-5-7-12;1-5(2,3)4/h3-7,13-14,16-17H,2,8-11H2,1H3;(H2,1,2,3,4). The van der Waals surface area contributed by atoms with Crippen molar-refractivity contribution in [2.75, 3.05) is 13.2 Å². The topological polar surface area (TPSA) is 125 Å². The third kappa shape index (κ3) is 9.58. The summed E-state index contributed by atoms with van der Waals surface area (Å²) in [6.07, 6.45) is 1.84. The Labute approximate surface area is 142 Å². The number of piperidine rings is 1. The molecule has 24 heavy (non-hydrogen) atoms. The van der Waals surface area contributed by atoms with Gasteiger partial charge in [-0.3, -0.25) is 13.9 Å². The molecule has 2 unspecified atom stereocenters. The van der Waals surface area contributed by atoms with Gasteiger partial charge >= 0.3 is 16.4 Å². The van der Waals surface area contributed by atoms with Crippen molar-refractivity contribution in [3.05, 3.63) is 35.9 Å². The second-order valence-electron chi connectivity index (χ2n) is 5.30. The van der Waals surface area contributed by atoms with Gasteiger partial charge in [-0.2, -0.15) is 8.42 Å². The number of benzene rings is 1. The van der Waals surface area contributed by atoms with E-state index in [-0.39, 0.29) is 12.0 Å². The van der Waals surface area contributed by atoms with Crippen LogP contribution in [0.5, 0.6) is 0 Å². The van der Waals surface area contributed by atoms with Crippen molar-refractivity contribution < 1.29 is 27.1 Å². The molecule has 9 heteroatoms. The van der Waals surface area contributed by atoms with Crippen molar-refractivity contribution in [1.82, 2.24) is 10.6 Å². The lowest BCUT2D eigenvalue weighted by atomic mass is 10.0. The zero-order chi connectivity index (χ0) is 18.0. The summed E-state index contributed by atoms with van der Waals surface area (Å²) < 4.78 is 36.6. The number of esters is 1. The smallest absolute Gasteiger partial charge is 0.394 e. The highest BCUT2D eigenvalue weighted by Crippen LogP contribution is 2.10. The molecular weight excluding hydrogens is 336 g/mol. The molecule has 2 atom stereocenters. The summed E-state index contributed by atoms with van der Waals surface area (Å²) in [6.45, 7) is 3.98. The Morgan fingerprint density at radius 1 is 1.29 bits per heavy atom. The fraction of sp³-hybridized carbons (Fsp3) is 0.533. The molecule has 0 radical (unpaired) electrons. The fourth-order valence-corrected chi connectivity index (χ4v) is 2.33. The molecule has 1 aromatic rings. The minimum absolute atomic E-state index is 0.121. The quantitative estimate of drug-likeness (QED) is 0.449. The van der Waals surface area contributed by atoms with E-state index in [1.54, 1.807) is 0 Å². The van der Waals surface area contributed by atoms with E-state index in [1.165, 1.54) is 5.56 Å². The third-order valence-corrected chi connectivity index (χ3v) is 3.42. The summed E-state index contributed by atoms with van der Waals surface area (Å²) in [7, 11) is -4.67. The Morgan fingerprint density at radius 2 is 1.92 bits per heavy atom. The van der Waals surface area contributed by atoms with E-state index < -0.39 is 10.4 Å². The van der Waals surface area contributed by atoms with Crippen LogP contribution in [0.3, 0.4) is 0 Å². The lowest BCUT2D eigenvalue weighted by Gasteiger charge is -2.29. The summed E-state index contributed by atoms with van der Waals surface area (Å²) in [5.41, 5.74) is 1.29. The number of hydrogen-bond donors (Lipinski definition) is 4. The van der Waals surface area contributed by atoms with E-state index in [4.69, 9.17) is 22.3 Å². The lowest BCUT2D eigenvalue weighted by Crippen LogP contribution is -2.51. The Kier molecular flexibility index (Phi) is 8.87. The van der Waals surface area contributed by atoms with E-state index in [2.05, 4.69) is 22.8 Å². The van der Waals surface area contributed by atoms with Crippen LogP contribution in [-0.4, -0.2) is 48.7 Å². The molecule has 1 heterocycles. The Hall–Kier alpha value is -1.52. The average Bonchev–Trinajstić information content (AvgIpc) is 2.53. The SMILES string of the molecule is CCOC(=O)C1CCC(NCc2ccccc2)CN1.O=S(=O)(O)O. The maximum Gasteiger partial charge on any atom is 0.394 e. The molecular formula is C15H24N2O6S. The number of rotatable bonds is 5. The average molecular weight is 360 g/mol. The molecule has 0 aromatic heterocycles. The minimum atomic E-state index is -4.67.